The van der Waals surface area contributed by atoms with Gasteiger partial charge < -0.3 is 32.3 Å². The van der Waals surface area contributed by atoms with Crippen LogP contribution in [0, 0.1) is 21.4 Å². The average Bonchev–Trinajstić information content (AvgIpc) is 2.71. The Morgan fingerprint density at radius 3 is 2.50 bits per heavy atom. The van der Waals surface area contributed by atoms with Crippen molar-refractivity contribution in [2.75, 3.05) is 20.3 Å². The van der Waals surface area contributed by atoms with Gasteiger partial charge in [0.25, 0.3) is 0 Å². The first-order valence-corrected chi connectivity index (χ1v) is 9.11. The van der Waals surface area contributed by atoms with Crippen LogP contribution in [-0.2, 0) is 6.42 Å². The van der Waals surface area contributed by atoms with Crippen molar-refractivity contribution in [1.29, 1.82) is 5.26 Å². The first kappa shape index (κ1) is 25.2. The van der Waals surface area contributed by atoms with Crippen molar-refractivity contribution >= 4 is 5.69 Å². The van der Waals surface area contributed by atoms with Gasteiger partial charge in [0.2, 0.25) is 0 Å². The quantitative estimate of drug-likeness (QED) is 0.393. The number of hydrogen-bond acceptors (Lipinski definition) is 7. The van der Waals surface area contributed by atoms with Crippen molar-refractivity contribution in [3.05, 3.63) is 63.7 Å². The topological polar surface area (TPSA) is 118 Å². The van der Waals surface area contributed by atoms with E-state index >= 15 is 0 Å². The van der Waals surface area contributed by atoms with Gasteiger partial charge in [-0.3, -0.25) is 10.1 Å². The minimum Gasteiger partial charge on any atom is -1.00 e. The van der Waals surface area contributed by atoms with Crippen molar-refractivity contribution in [2.45, 2.75) is 31.9 Å². The van der Waals surface area contributed by atoms with Crippen LogP contribution < -0.4 is 27.2 Å². The van der Waals surface area contributed by atoms with Gasteiger partial charge in [0.05, 0.1) is 23.7 Å². The second kappa shape index (κ2) is 11.4. The van der Waals surface area contributed by atoms with Gasteiger partial charge in [0, 0.05) is 18.2 Å². The lowest BCUT2D eigenvalue weighted by Crippen LogP contribution is -3.00. The Balaban J connectivity index is 0.00000450. The van der Waals surface area contributed by atoms with Gasteiger partial charge >= 0.3 is 5.69 Å². The zero-order valence-electron chi connectivity index (χ0n) is 17.1. The highest BCUT2D eigenvalue weighted by Crippen LogP contribution is 2.27. The lowest BCUT2D eigenvalue weighted by atomic mass is 9.94. The van der Waals surface area contributed by atoms with E-state index in [9.17, 15) is 15.2 Å². The second-order valence-electron chi connectivity index (χ2n) is 7.31. The smallest absolute Gasteiger partial charge is 0.312 e. The largest absolute Gasteiger partial charge is 1.00 e. The molecule has 2 aromatic rings. The molecular weight excluding hydrogens is 410 g/mol. The highest BCUT2D eigenvalue weighted by molar-refractivity contribution is 5.51. The molecule has 2 N–H and O–H groups in total. The van der Waals surface area contributed by atoms with Crippen LogP contribution >= 0.6 is 0 Å². The number of aliphatic hydroxyl groups is 1. The van der Waals surface area contributed by atoms with E-state index in [-0.39, 0.29) is 48.1 Å². The van der Waals surface area contributed by atoms with Crippen LogP contribution in [-0.4, -0.2) is 41.9 Å². The Hall–Kier alpha value is -2.86. The number of halogens is 1. The van der Waals surface area contributed by atoms with Gasteiger partial charge in [-0.2, -0.15) is 5.26 Å². The highest BCUT2D eigenvalue weighted by atomic mass is 35.5. The van der Waals surface area contributed by atoms with Gasteiger partial charge in [0.1, 0.15) is 18.5 Å². The Kier molecular flexibility index (Phi) is 9.53. The normalized spacial score (nSPS) is 11.7. The molecule has 0 bridgehead atoms. The van der Waals surface area contributed by atoms with Gasteiger partial charge in [-0.25, -0.2) is 0 Å². The maximum absolute atomic E-state index is 11.1. The molecule has 9 heteroatoms. The fourth-order valence-electron chi connectivity index (χ4n) is 2.81. The van der Waals surface area contributed by atoms with Crippen molar-refractivity contribution in [3.63, 3.8) is 0 Å². The summed E-state index contributed by atoms with van der Waals surface area (Å²) in [5.41, 5.74) is 0.716. The predicted molar refractivity (Wildman–Crippen MR) is 108 cm³/mol. The standard InChI is InChI=1S/C21H25N3O5.ClH/c1-21(2,11-15-4-7-18(28-3)8-5-15)23-13-17(25)14-29-20-9-6-16(12-22)10-19(20)24(26)27;/h4-10,17,23,25H,11,13-14H2,1-3H3;1H/p-1. The summed E-state index contributed by atoms with van der Waals surface area (Å²) in [6.45, 7) is 4.19. The lowest BCUT2D eigenvalue weighted by molar-refractivity contribution is -0.385. The molecule has 30 heavy (non-hydrogen) atoms. The molecule has 0 aliphatic heterocycles. The third-order valence-corrected chi connectivity index (χ3v) is 4.34. The number of methoxy groups -OCH3 is 1. The summed E-state index contributed by atoms with van der Waals surface area (Å²) in [6, 6.07) is 13.6. The molecule has 0 aromatic heterocycles. The van der Waals surface area contributed by atoms with E-state index in [1.165, 1.54) is 12.1 Å². The predicted octanol–water partition coefficient (Wildman–Crippen LogP) is -0.170. The molecule has 0 spiro atoms. The molecule has 0 radical (unpaired) electrons. The van der Waals surface area contributed by atoms with Crippen molar-refractivity contribution in [2.24, 2.45) is 0 Å². The molecule has 2 rings (SSSR count). The molecule has 162 valence electrons. The average molecular weight is 435 g/mol. The number of nitrogens with one attached hydrogen (secondary N) is 1. The highest BCUT2D eigenvalue weighted by Gasteiger charge is 2.21. The monoisotopic (exact) mass is 434 g/mol. The van der Waals surface area contributed by atoms with Crippen LogP contribution in [0.4, 0.5) is 5.69 Å². The van der Waals surface area contributed by atoms with Gasteiger partial charge in [-0.05, 0) is 50.1 Å². The summed E-state index contributed by atoms with van der Waals surface area (Å²) >= 11 is 0. The molecule has 0 saturated carbocycles. The first-order chi connectivity index (χ1) is 13.7. The van der Waals surface area contributed by atoms with E-state index in [0.29, 0.717) is 0 Å². The molecule has 0 fully saturated rings. The number of nitrogens with zero attached hydrogens (tertiary/aromatic N) is 2. The maximum atomic E-state index is 11.1. The molecule has 1 unspecified atom stereocenters. The Morgan fingerprint density at radius 2 is 1.93 bits per heavy atom. The van der Waals surface area contributed by atoms with Crippen LogP contribution in [0.5, 0.6) is 11.5 Å². The number of nitriles is 1. The third kappa shape index (κ3) is 7.52. The fraction of sp³-hybridized carbons (Fsp3) is 0.381. The summed E-state index contributed by atoms with van der Waals surface area (Å²) in [4.78, 5) is 10.5. The van der Waals surface area contributed by atoms with E-state index in [1.54, 1.807) is 7.11 Å². The molecule has 8 nitrogen and oxygen atoms in total. The SMILES string of the molecule is COc1ccc(CC(C)(C)NCC(O)COc2ccc(C#N)cc2[N+](=O)[O-])cc1.[Cl-]. The van der Waals surface area contributed by atoms with E-state index in [2.05, 4.69) is 5.32 Å². The summed E-state index contributed by atoms with van der Waals surface area (Å²) < 4.78 is 10.6. The maximum Gasteiger partial charge on any atom is 0.312 e. The van der Waals surface area contributed by atoms with Gasteiger partial charge in [0.15, 0.2) is 5.75 Å². The zero-order valence-corrected chi connectivity index (χ0v) is 17.8. The Morgan fingerprint density at radius 1 is 1.27 bits per heavy atom. The van der Waals surface area contributed by atoms with E-state index in [0.717, 1.165) is 23.8 Å². The number of rotatable bonds is 10. The minimum absolute atomic E-state index is 0. The number of β-amino-alcohol motifs (C(OH)–C–C–N with tert-alkyl or cyclic N) is 1. The molecule has 0 heterocycles. The van der Waals surface area contributed by atoms with Gasteiger partial charge in [-0.1, -0.05) is 12.1 Å². The number of ether oxygens (including phenoxy) is 2. The number of aliphatic hydroxyl groups excluding tert-OH is 1. The molecule has 0 aliphatic rings. The number of nitro groups is 1. The van der Waals surface area contributed by atoms with Crippen molar-refractivity contribution in [3.8, 4) is 17.6 Å². The van der Waals surface area contributed by atoms with Crippen LogP contribution in [0.3, 0.4) is 0 Å². The summed E-state index contributed by atoms with van der Waals surface area (Å²) in [5, 5.41) is 33.5. The summed E-state index contributed by atoms with van der Waals surface area (Å²) in [6.07, 6.45) is -0.119. The summed E-state index contributed by atoms with van der Waals surface area (Å²) in [7, 11) is 1.62. The van der Waals surface area contributed by atoms with Crippen molar-refractivity contribution < 1.29 is 31.9 Å². The van der Waals surface area contributed by atoms with E-state index in [1.807, 2.05) is 44.2 Å². The third-order valence-electron chi connectivity index (χ3n) is 4.34. The van der Waals surface area contributed by atoms with E-state index in [4.69, 9.17) is 14.7 Å². The minimum atomic E-state index is -0.861. The fourth-order valence-corrected chi connectivity index (χ4v) is 2.81. The number of nitro benzene ring substituents is 1. The van der Waals surface area contributed by atoms with Crippen LogP contribution in [0.2, 0.25) is 0 Å². The molecule has 0 amide bonds. The second-order valence-corrected chi connectivity index (χ2v) is 7.31. The number of benzene rings is 2. The molecule has 0 saturated heterocycles. The van der Waals surface area contributed by atoms with Crippen LogP contribution in [0.1, 0.15) is 25.0 Å². The molecule has 1 atom stereocenters. The zero-order chi connectivity index (χ0) is 21.4. The van der Waals surface area contributed by atoms with E-state index < -0.39 is 11.0 Å². The summed E-state index contributed by atoms with van der Waals surface area (Å²) in [5.74, 6) is 0.814. The number of hydrogen-bond donors (Lipinski definition) is 2. The van der Waals surface area contributed by atoms with Crippen LogP contribution in [0.25, 0.3) is 0 Å². The molecule has 0 aliphatic carbocycles. The van der Waals surface area contributed by atoms with Crippen molar-refractivity contribution in [1.82, 2.24) is 5.32 Å². The Labute approximate surface area is 182 Å². The molecular formula is C21H25ClN3O5-. The Bertz CT molecular complexity index is 881. The molecule has 2 aromatic carbocycles. The lowest BCUT2D eigenvalue weighted by Gasteiger charge is -2.28. The van der Waals surface area contributed by atoms with Crippen LogP contribution in [0.15, 0.2) is 42.5 Å². The van der Waals surface area contributed by atoms with Gasteiger partial charge in [-0.15, -0.1) is 0 Å². The first-order valence-electron chi connectivity index (χ1n) is 9.11.